The molecule has 1 aromatic heterocycles. The van der Waals surface area contributed by atoms with Crippen molar-refractivity contribution in [2.45, 2.75) is 39.7 Å². The minimum Gasteiger partial charge on any atom is -0.493 e. The van der Waals surface area contributed by atoms with Crippen LogP contribution in [0, 0.1) is 5.92 Å². The van der Waals surface area contributed by atoms with Crippen molar-refractivity contribution in [1.29, 1.82) is 0 Å². The molecule has 102 valence electrons. The Hall–Kier alpha value is -1.36. The summed E-state index contributed by atoms with van der Waals surface area (Å²) in [5.74, 6) is 0.975. The van der Waals surface area contributed by atoms with Crippen LogP contribution in [0.5, 0.6) is 5.75 Å². The van der Waals surface area contributed by atoms with Gasteiger partial charge in [0, 0.05) is 12.5 Å². The molecular weight excluding hydrogens is 230 g/mol. The van der Waals surface area contributed by atoms with Gasteiger partial charge in [-0.2, -0.15) is 5.10 Å². The fraction of sp³-hybridized carbons (Fsp3) is 0.692. The van der Waals surface area contributed by atoms with Crippen LogP contribution in [-0.2, 0) is 0 Å². The van der Waals surface area contributed by atoms with Crippen molar-refractivity contribution in [1.82, 2.24) is 9.78 Å². The van der Waals surface area contributed by atoms with Gasteiger partial charge in [0.1, 0.15) is 5.69 Å². The summed E-state index contributed by atoms with van der Waals surface area (Å²) in [5, 5.41) is 4.20. The second-order valence-electron chi connectivity index (χ2n) is 4.90. The zero-order valence-corrected chi connectivity index (χ0v) is 11.6. The van der Waals surface area contributed by atoms with E-state index in [9.17, 15) is 4.79 Å². The number of carbonyl (C=O) groups is 1. The average Bonchev–Trinajstić information content (AvgIpc) is 2.79. The lowest BCUT2D eigenvalue weighted by atomic mass is 10.0. The number of Topliss-reactive ketones (excluding diaryl/α,β-unsaturated/α-hetero) is 1. The highest BCUT2D eigenvalue weighted by Gasteiger charge is 2.21. The van der Waals surface area contributed by atoms with E-state index >= 15 is 0 Å². The molecule has 1 rings (SSSR count). The van der Waals surface area contributed by atoms with Crippen LogP contribution in [-0.4, -0.2) is 29.2 Å². The van der Waals surface area contributed by atoms with Crippen molar-refractivity contribution >= 4 is 5.78 Å². The van der Waals surface area contributed by atoms with Crippen LogP contribution >= 0.6 is 0 Å². The van der Waals surface area contributed by atoms with Crippen molar-refractivity contribution < 1.29 is 9.53 Å². The van der Waals surface area contributed by atoms with Gasteiger partial charge in [-0.05, 0) is 32.7 Å². The van der Waals surface area contributed by atoms with E-state index < -0.39 is 0 Å². The second-order valence-corrected chi connectivity index (χ2v) is 4.90. The molecule has 5 nitrogen and oxygen atoms in total. The fourth-order valence-corrected chi connectivity index (χ4v) is 1.77. The van der Waals surface area contributed by atoms with E-state index in [1.54, 1.807) is 18.0 Å². The summed E-state index contributed by atoms with van der Waals surface area (Å²) in [6.07, 6.45) is 2.87. The van der Waals surface area contributed by atoms with Crippen LogP contribution in [0.3, 0.4) is 0 Å². The van der Waals surface area contributed by atoms with Crippen molar-refractivity contribution in [2.75, 3.05) is 13.7 Å². The minimum absolute atomic E-state index is 0.0679. The van der Waals surface area contributed by atoms with E-state index in [0.29, 0.717) is 30.3 Å². The summed E-state index contributed by atoms with van der Waals surface area (Å²) in [6.45, 7) is 6.63. The maximum atomic E-state index is 12.2. The van der Waals surface area contributed by atoms with Gasteiger partial charge >= 0.3 is 0 Å². The molecule has 0 saturated heterocycles. The number of nitrogens with zero attached hydrogens (tertiary/aromatic N) is 2. The lowest BCUT2D eigenvalue weighted by molar-refractivity contribution is 0.0959. The van der Waals surface area contributed by atoms with Crippen LogP contribution in [0.1, 0.15) is 50.1 Å². The molecule has 1 unspecified atom stereocenters. The molecule has 0 aliphatic carbocycles. The molecule has 0 radical (unpaired) electrons. The Labute approximate surface area is 108 Å². The SMILES string of the molecule is COc1cnn(C(C)C)c1C(=O)CCC(C)CN. The Bertz CT molecular complexity index is 399. The summed E-state index contributed by atoms with van der Waals surface area (Å²) in [7, 11) is 1.56. The van der Waals surface area contributed by atoms with Crippen LogP contribution in [0.4, 0.5) is 0 Å². The summed E-state index contributed by atoms with van der Waals surface area (Å²) in [5.41, 5.74) is 6.12. The Morgan fingerprint density at radius 1 is 1.50 bits per heavy atom. The van der Waals surface area contributed by atoms with Crippen LogP contribution < -0.4 is 10.5 Å². The van der Waals surface area contributed by atoms with Gasteiger partial charge in [-0.1, -0.05) is 6.92 Å². The molecule has 1 atom stereocenters. The minimum atomic E-state index is 0.0679. The van der Waals surface area contributed by atoms with Gasteiger partial charge in [-0.3, -0.25) is 9.48 Å². The molecule has 0 spiro atoms. The molecule has 18 heavy (non-hydrogen) atoms. The van der Waals surface area contributed by atoms with E-state index in [1.165, 1.54) is 0 Å². The predicted octanol–water partition coefficient (Wildman–Crippen LogP) is 2.03. The van der Waals surface area contributed by atoms with Gasteiger partial charge < -0.3 is 10.5 Å². The zero-order valence-electron chi connectivity index (χ0n) is 11.6. The van der Waals surface area contributed by atoms with Crippen molar-refractivity contribution in [3.05, 3.63) is 11.9 Å². The standard InChI is InChI=1S/C13H23N3O2/c1-9(2)16-13(12(18-4)8-15-16)11(17)6-5-10(3)7-14/h8-10H,5-7,14H2,1-4H3. The maximum Gasteiger partial charge on any atom is 0.184 e. The molecule has 1 heterocycles. The van der Waals surface area contributed by atoms with Gasteiger partial charge in [0.2, 0.25) is 0 Å². The monoisotopic (exact) mass is 253 g/mol. The average molecular weight is 253 g/mol. The highest BCUT2D eigenvalue weighted by molar-refractivity contribution is 5.97. The van der Waals surface area contributed by atoms with Crippen LogP contribution in [0.25, 0.3) is 0 Å². The molecule has 2 N–H and O–H groups in total. The Kier molecular flexibility index (Phi) is 5.34. The highest BCUT2D eigenvalue weighted by Crippen LogP contribution is 2.23. The fourth-order valence-electron chi connectivity index (χ4n) is 1.77. The van der Waals surface area contributed by atoms with Gasteiger partial charge in [-0.15, -0.1) is 0 Å². The Balaban J connectivity index is 2.86. The number of rotatable bonds is 7. The van der Waals surface area contributed by atoms with E-state index in [-0.39, 0.29) is 11.8 Å². The van der Waals surface area contributed by atoms with Crippen molar-refractivity contribution in [3.8, 4) is 5.75 Å². The smallest absolute Gasteiger partial charge is 0.184 e. The number of aromatic nitrogens is 2. The first-order chi connectivity index (χ1) is 8.51. The first-order valence-corrected chi connectivity index (χ1v) is 6.36. The lowest BCUT2D eigenvalue weighted by Crippen LogP contribution is -2.16. The summed E-state index contributed by atoms with van der Waals surface area (Å²) in [6, 6.07) is 0.139. The largest absolute Gasteiger partial charge is 0.493 e. The molecular formula is C13H23N3O2. The molecule has 0 amide bonds. The number of methoxy groups -OCH3 is 1. The van der Waals surface area contributed by atoms with E-state index in [0.717, 1.165) is 6.42 Å². The molecule has 0 aromatic carbocycles. The lowest BCUT2D eigenvalue weighted by Gasteiger charge is -2.12. The Morgan fingerprint density at radius 3 is 2.67 bits per heavy atom. The number of carbonyl (C=O) groups excluding carboxylic acids is 1. The third-order valence-corrected chi connectivity index (χ3v) is 3.00. The summed E-state index contributed by atoms with van der Waals surface area (Å²) in [4.78, 5) is 12.2. The number of hydrogen-bond donors (Lipinski definition) is 1. The van der Waals surface area contributed by atoms with Gasteiger partial charge in [0.05, 0.1) is 13.3 Å². The van der Waals surface area contributed by atoms with Gasteiger partial charge in [0.15, 0.2) is 11.5 Å². The number of ether oxygens (including phenoxy) is 1. The van der Waals surface area contributed by atoms with Crippen molar-refractivity contribution in [2.24, 2.45) is 11.7 Å². The summed E-state index contributed by atoms with van der Waals surface area (Å²) >= 11 is 0. The third-order valence-electron chi connectivity index (χ3n) is 3.00. The van der Waals surface area contributed by atoms with E-state index in [4.69, 9.17) is 10.5 Å². The zero-order chi connectivity index (χ0) is 13.7. The molecule has 0 aliphatic rings. The molecule has 1 aromatic rings. The normalized spacial score (nSPS) is 12.8. The first kappa shape index (κ1) is 14.7. The van der Waals surface area contributed by atoms with Gasteiger partial charge in [-0.25, -0.2) is 0 Å². The second kappa shape index (κ2) is 6.54. The Morgan fingerprint density at radius 2 is 2.17 bits per heavy atom. The molecule has 0 bridgehead atoms. The third kappa shape index (κ3) is 3.32. The predicted molar refractivity (Wildman–Crippen MR) is 70.9 cm³/mol. The molecule has 0 aliphatic heterocycles. The number of nitrogens with two attached hydrogens (primary N) is 1. The number of hydrogen-bond acceptors (Lipinski definition) is 4. The van der Waals surface area contributed by atoms with E-state index in [2.05, 4.69) is 5.10 Å². The van der Waals surface area contributed by atoms with Crippen LogP contribution in [0.15, 0.2) is 6.20 Å². The summed E-state index contributed by atoms with van der Waals surface area (Å²) < 4.78 is 6.92. The first-order valence-electron chi connectivity index (χ1n) is 6.36. The highest BCUT2D eigenvalue weighted by atomic mass is 16.5. The van der Waals surface area contributed by atoms with Crippen molar-refractivity contribution in [3.63, 3.8) is 0 Å². The van der Waals surface area contributed by atoms with Crippen LogP contribution in [0.2, 0.25) is 0 Å². The topological polar surface area (TPSA) is 70.1 Å². The number of ketones is 1. The molecule has 0 fully saturated rings. The van der Waals surface area contributed by atoms with E-state index in [1.807, 2.05) is 20.8 Å². The quantitative estimate of drug-likeness (QED) is 0.755. The molecule has 5 heteroatoms. The van der Waals surface area contributed by atoms with Gasteiger partial charge in [0.25, 0.3) is 0 Å². The maximum absolute atomic E-state index is 12.2. The molecule has 0 saturated carbocycles.